The molecule has 0 saturated carbocycles. The van der Waals surface area contributed by atoms with Gasteiger partial charge in [0.15, 0.2) is 5.82 Å². The number of aromatic nitrogens is 3. The van der Waals surface area contributed by atoms with Gasteiger partial charge in [-0.3, -0.25) is 0 Å². The number of para-hydroxylation sites is 1. The van der Waals surface area contributed by atoms with E-state index >= 15 is 0 Å². The van der Waals surface area contributed by atoms with Crippen molar-refractivity contribution in [1.29, 1.82) is 5.26 Å². The number of rotatable bonds is 6. The van der Waals surface area contributed by atoms with Crippen molar-refractivity contribution in [2.75, 3.05) is 37.8 Å². The average molecular weight is 283 g/mol. The molecule has 0 saturated heterocycles. The van der Waals surface area contributed by atoms with E-state index in [0.29, 0.717) is 23.0 Å². The number of hydrogen-bond acceptors (Lipinski definition) is 7. The van der Waals surface area contributed by atoms with E-state index in [4.69, 9.17) is 5.26 Å². The minimum atomic E-state index is 0.354. The minimum absolute atomic E-state index is 0.354. The smallest absolute Gasteiger partial charge is 0.249 e. The number of nitrogens with zero attached hydrogens (tertiary/aromatic N) is 5. The first-order valence-corrected chi connectivity index (χ1v) is 6.53. The van der Waals surface area contributed by atoms with Crippen LogP contribution in [-0.2, 0) is 0 Å². The highest BCUT2D eigenvalue weighted by molar-refractivity contribution is 5.62. The molecular weight excluding hydrogens is 266 g/mol. The Kier molecular flexibility index (Phi) is 5.01. The van der Waals surface area contributed by atoms with Crippen molar-refractivity contribution in [2.45, 2.75) is 0 Å². The lowest BCUT2D eigenvalue weighted by atomic mass is 10.2. The highest BCUT2D eigenvalue weighted by atomic mass is 15.3. The molecule has 1 aromatic carbocycles. The van der Waals surface area contributed by atoms with E-state index in [1.165, 1.54) is 0 Å². The van der Waals surface area contributed by atoms with Crippen LogP contribution in [0, 0.1) is 11.3 Å². The molecule has 21 heavy (non-hydrogen) atoms. The molecule has 2 aromatic rings. The van der Waals surface area contributed by atoms with Crippen LogP contribution in [0.5, 0.6) is 0 Å². The second-order valence-corrected chi connectivity index (χ2v) is 4.68. The minimum Gasteiger partial charge on any atom is -0.367 e. The number of nitrogens with one attached hydrogen (secondary N) is 2. The summed E-state index contributed by atoms with van der Waals surface area (Å²) in [5.41, 5.74) is 1.19. The van der Waals surface area contributed by atoms with Crippen molar-refractivity contribution in [3.8, 4) is 6.07 Å². The molecule has 0 aliphatic rings. The fraction of sp³-hybridized carbons (Fsp3) is 0.286. The molecule has 0 bridgehead atoms. The van der Waals surface area contributed by atoms with E-state index in [-0.39, 0.29) is 0 Å². The van der Waals surface area contributed by atoms with Gasteiger partial charge in [-0.05, 0) is 26.2 Å². The van der Waals surface area contributed by atoms with Crippen LogP contribution in [0.15, 0.2) is 30.5 Å². The SMILES string of the molecule is CN(C)CCNc1cnnc(Nc2ccccc2C#N)n1. The fourth-order valence-electron chi connectivity index (χ4n) is 1.66. The van der Waals surface area contributed by atoms with E-state index < -0.39 is 0 Å². The Hall–Kier alpha value is -2.72. The Morgan fingerprint density at radius 2 is 2.10 bits per heavy atom. The van der Waals surface area contributed by atoms with E-state index in [0.717, 1.165) is 13.1 Å². The summed E-state index contributed by atoms with van der Waals surface area (Å²) in [6.45, 7) is 1.66. The zero-order valence-corrected chi connectivity index (χ0v) is 12.0. The summed E-state index contributed by atoms with van der Waals surface area (Å²) in [6, 6.07) is 9.30. The molecule has 0 atom stereocenters. The summed E-state index contributed by atoms with van der Waals surface area (Å²) < 4.78 is 0. The number of benzene rings is 1. The molecule has 7 nitrogen and oxygen atoms in total. The van der Waals surface area contributed by atoms with Crippen molar-refractivity contribution < 1.29 is 0 Å². The predicted molar refractivity (Wildman–Crippen MR) is 81.3 cm³/mol. The van der Waals surface area contributed by atoms with E-state index in [1.807, 2.05) is 26.2 Å². The summed E-state index contributed by atoms with van der Waals surface area (Å²) >= 11 is 0. The van der Waals surface area contributed by atoms with Crippen LogP contribution in [-0.4, -0.2) is 47.3 Å². The molecule has 0 aliphatic carbocycles. The first kappa shape index (κ1) is 14.7. The van der Waals surface area contributed by atoms with Crippen LogP contribution in [0.2, 0.25) is 0 Å². The second kappa shape index (κ2) is 7.17. The first-order valence-electron chi connectivity index (χ1n) is 6.53. The fourth-order valence-corrected chi connectivity index (χ4v) is 1.66. The van der Waals surface area contributed by atoms with Gasteiger partial charge in [-0.2, -0.15) is 15.3 Å². The third-order valence-electron chi connectivity index (χ3n) is 2.72. The van der Waals surface area contributed by atoms with Gasteiger partial charge in [0, 0.05) is 13.1 Å². The molecule has 108 valence electrons. The van der Waals surface area contributed by atoms with E-state index in [2.05, 4.69) is 36.8 Å². The van der Waals surface area contributed by atoms with Crippen molar-refractivity contribution >= 4 is 17.5 Å². The molecular formula is C14H17N7. The van der Waals surface area contributed by atoms with Crippen molar-refractivity contribution in [1.82, 2.24) is 20.1 Å². The van der Waals surface area contributed by atoms with Crippen LogP contribution in [0.25, 0.3) is 0 Å². The number of anilines is 3. The predicted octanol–water partition coefficient (Wildman–Crippen LogP) is 1.46. The Balaban J connectivity index is 2.06. The normalized spacial score (nSPS) is 10.2. The maximum atomic E-state index is 9.06. The number of nitriles is 1. The lowest BCUT2D eigenvalue weighted by Crippen LogP contribution is -2.21. The van der Waals surface area contributed by atoms with Crippen molar-refractivity contribution in [2.24, 2.45) is 0 Å². The number of hydrogen-bond donors (Lipinski definition) is 2. The van der Waals surface area contributed by atoms with Crippen LogP contribution in [0.3, 0.4) is 0 Å². The monoisotopic (exact) mass is 283 g/mol. The molecule has 1 aromatic heterocycles. The zero-order chi connectivity index (χ0) is 15.1. The van der Waals surface area contributed by atoms with E-state index in [9.17, 15) is 0 Å². The molecule has 7 heteroatoms. The Morgan fingerprint density at radius 3 is 2.86 bits per heavy atom. The van der Waals surface area contributed by atoms with Gasteiger partial charge in [0.2, 0.25) is 5.95 Å². The van der Waals surface area contributed by atoms with Crippen LogP contribution >= 0.6 is 0 Å². The second-order valence-electron chi connectivity index (χ2n) is 4.68. The van der Waals surface area contributed by atoms with Gasteiger partial charge in [-0.15, -0.1) is 5.10 Å². The standard InChI is InChI=1S/C14H17N7/c1-21(2)8-7-16-13-10-17-20-14(19-13)18-12-6-4-3-5-11(12)9-15/h3-6,10H,7-8H2,1-2H3,(H2,16,18,19,20). The molecule has 0 radical (unpaired) electrons. The summed E-state index contributed by atoms with van der Waals surface area (Å²) in [4.78, 5) is 6.39. The van der Waals surface area contributed by atoms with Gasteiger partial charge in [-0.25, -0.2) is 0 Å². The summed E-state index contributed by atoms with van der Waals surface area (Å²) in [5.74, 6) is 0.997. The third-order valence-corrected chi connectivity index (χ3v) is 2.72. The van der Waals surface area contributed by atoms with Gasteiger partial charge in [0.05, 0.1) is 17.4 Å². The Labute approximate surface area is 123 Å². The molecule has 2 N–H and O–H groups in total. The third kappa shape index (κ3) is 4.40. The Bertz CT molecular complexity index is 633. The molecule has 0 unspecified atom stereocenters. The van der Waals surface area contributed by atoms with Crippen molar-refractivity contribution in [3.63, 3.8) is 0 Å². The summed E-state index contributed by atoms with van der Waals surface area (Å²) in [5, 5.41) is 23.1. The molecule has 2 rings (SSSR count). The zero-order valence-electron chi connectivity index (χ0n) is 12.0. The molecule has 0 fully saturated rings. The molecule has 0 amide bonds. The quantitative estimate of drug-likeness (QED) is 0.829. The highest BCUT2D eigenvalue weighted by Crippen LogP contribution is 2.17. The van der Waals surface area contributed by atoms with Gasteiger partial charge in [-0.1, -0.05) is 12.1 Å². The first-order chi connectivity index (χ1) is 10.2. The molecule has 0 aliphatic heterocycles. The molecule has 1 heterocycles. The average Bonchev–Trinajstić information content (AvgIpc) is 2.48. The van der Waals surface area contributed by atoms with Gasteiger partial charge >= 0.3 is 0 Å². The van der Waals surface area contributed by atoms with E-state index in [1.54, 1.807) is 18.3 Å². The topological polar surface area (TPSA) is 89.8 Å². The lowest BCUT2D eigenvalue weighted by molar-refractivity contribution is 0.425. The van der Waals surface area contributed by atoms with Gasteiger partial charge in [0.1, 0.15) is 6.07 Å². The summed E-state index contributed by atoms with van der Waals surface area (Å²) in [7, 11) is 4.01. The maximum Gasteiger partial charge on any atom is 0.249 e. The largest absolute Gasteiger partial charge is 0.367 e. The van der Waals surface area contributed by atoms with Crippen LogP contribution < -0.4 is 10.6 Å². The van der Waals surface area contributed by atoms with Gasteiger partial charge < -0.3 is 15.5 Å². The lowest BCUT2D eigenvalue weighted by Gasteiger charge is -2.11. The van der Waals surface area contributed by atoms with Crippen LogP contribution in [0.4, 0.5) is 17.5 Å². The summed E-state index contributed by atoms with van der Waals surface area (Å²) in [6.07, 6.45) is 1.57. The van der Waals surface area contributed by atoms with Crippen molar-refractivity contribution in [3.05, 3.63) is 36.0 Å². The van der Waals surface area contributed by atoms with Crippen LogP contribution in [0.1, 0.15) is 5.56 Å². The highest BCUT2D eigenvalue weighted by Gasteiger charge is 2.04. The molecule has 0 spiro atoms. The van der Waals surface area contributed by atoms with Gasteiger partial charge in [0.25, 0.3) is 0 Å². The number of likely N-dealkylation sites (N-methyl/N-ethyl adjacent to an activating group) is 1. The Morgan fingerprint density at radius 1 is 1.29 bits per heavy atom. The maximum absolute atomic E-state index is 9.06.